The molecule has 0 atom stereocenters. The molecule has 0 saturated heterocycles. The van der Waals surface area contributed by atoms with Crippen LogP contribution < -0.4 is 0 Å². The lowest BCUT2D eigenvalue weighted by atomic mass is 9.99. The first-order valence-corrected chi connectivity index (χ1v) is 11.6. The fraction of sp³-hybridized carbons (Fsp3) is 0. The van der Waals surface area contributed by atoms with Gasteiger partial charge in [-0.1, -0.05) is 60.7 Å². The third-order valence-corrected chi connectivity index (χ3v) is 7.80. The Bertz CT molecular complexity index is 1950. The van der Waals surface area contributed by atoms with Crippen LogP contribution in [-0.2, 0) is 0 Å². The van der Waals surface area contributed by atoms with E-state index in [1.165, 1.54) is 0 Å². The summed E-state index contributed by atoms with van der Waals surface area (Å²) in [5, 5.41) is 48.1. The van der Waals surface area contributed by atoms with Crippen LogP contribution in [0, 0.1) is 0 Å². The molecular formula is C28H17NO4S. The van der Waals surface area contributed by atoms with Crippen molar-refractivity contribution in [2.45, 2.75) is 0 Å². The van der Waals surface area contributed by atoms with Crippen LogP contribution in [0.2, 0.25) is 0 Å². The van der Waals surface area contributed by atoms with Gasteiger partial charge in [0.2, 0.25) is 11.5 Å². The number of hydrogen-bond donors (Lipinski definition) is 4. The molecule has 0 saturated carbocycles. The maximum absolute atomic E-state index is 11.1. The molecule has 164 valence electrons. The predicted octanol–water partition coefficient (Wildman–Crippen LogP) is 7.13. The Balaban J connectivity index is 1.95. The number of aromatic nitrogens is 1. The van der Waals surface area contributed by atoms with E-state index in [2.05, 4.69) is 18.2 Å². The lowest BCUT2D eigenvalue weighted by Gasteiger charge is -2.11. The van der Waals surface area contributed by atoms with Crippen LogP contribution in [0.25, 0.3) is 58.4 Å². The van der Waals surface area contributed by atoms with Crippen molar-refractivity contribution in [1.29, 1.82) is 0 Å². The van der Waals surface area contributed by atoms with E-state index in [1.54, 1.807) is 11.3 Å². The molecule has 0 bridgehead atoms. The third-order valence-electron chi connectivity index (χ3n) is 6.59. The molecule has 5 aromatic carbocycles. The predicted molar refractivity (Wildman–Crippen MR) is 138 cm³/mol. The summed E-state index contributed by atoms with van der Waals surface area (Å²) in [4.78, 5) is 0. The van der Waals surface area contributed by atoms with Crippen LogP contribution in [0.3, 0.4) is 0 Å². The summed E-state index contributed by atoms with van der Waals surface area (Å²) >= 11 is 1.70. The van der Waals surface area contributed by atoms with E-state index >= 15 is 0 Å². The van der Waals surface area contributed by atoms with E-state index in [-0.39, 0.29) is 5.52 Å². The second-order valence-electron chi connectivity index (χ2n) is 8.36. The lowest BCUT2D eigenvalue weighted by Crippen LogP contribution is -1.94. The zero-order valence-corrected chi connectivity index (χ0v) is 18.5. The Morgan fingerprint density at radius 1 is 0.500 bits per heavy atom. The van der Waals surface area contributed by atoms with Crippen molar-refractivity contribution in [3.05, 3.63) is 78.9 Å². The molecule has 0 aliphatic heterocycles. The van der Waals surface area contributed by atoms with Crippen LogP contribution in [0.15, 0.2) is 78.9 Å². The lowest BCUT2D eigenvalue weighted by molar-refractivity contribution is 0.350. The number of rotatable bonds is 1. The number of hydrogen-bond acceptors (Lipinski definition) is 5. The largest absolute Gasteiger partial charge is 0.504 e. The summed E-state index contributed by atoms with van der Waals surface area (Å²) in [7, 11) is 0. The highest BCUT2D eigenvalue weighted by molar-refractivity contribution is 7.27. The van der Waals surface area contributed by atoms with E-state index in [4.69, 9.17) is 0 Å². The number of phenols is 4. The van der Waals surface area contributed by atoms with Crippen LogP contribution in [0.5, 0.6) is 23.0 Å². The first-order valence-electron chi connectivity index (χ1n) is 10.8. The molecular weight excluding hydrogens is 446 g/mol. The van der Waals surface area contributed by atoms with Gasteiger partial charge in [0.05, 0.1) is 10.9 Å². The number of thiophene rings is 1. The quantitative estimate of drug-likeness (QED) is 0.154. The molecule has 2 aromatic heterocycles. The van der Waals surface area contributed by atoms with Gasteiger partial charge >= 0.3 is 0 Å². The molecule has 4 N–H and O–H groups in total. The van der Waals surface area contributed by atoms with Gasteiger partial charge in [0, 0.05) is 36.6 Å². The fourth-order valence-corrected chi connectivity index (χ4v) is 6.43. The first-order chi connectivity index (χ1) is 16.6. The van der Waals surface area contributed by atoms with Gasteiger partial charge in [0.25, 0.3) is 0 Å². The van der Waals surface area contributed by atoms with Crippen molar-refractivity contribution in [3.8, 4) is 28.7 Å². The maximum Gasteiger partial charge on any atom is 0.206 e. The summed E-state index contributed by atoms with van der Waals surface area (Å²) in [5.74, 6) is -2.44. The fourth-order valence-electron chi connectivity index (χ4n) is 5.19. The number of fused-ring (bicyclic) bond motifs is 10. The standard InChI is InChI=1S/C28H17NO4S/c30-24-21-19-15-10-4-5-11-16(15)28-20(17-12-6-7-13-18(17)34-28)22(19)29(14-8-2-1-3-9-14)23(21)25(31)27(33)26(24)32/h1-13,30-33H. The van der Waals surface area contributed by atoms with Crippen LogP contribution in [-0.4, -0.2) is 25.0 Å². The number of benzene rings is 5. The monoisotopic (exact) mass is 463 g/mol. The van der Waals surface area contributed by atoms with Gasteiger partial charge in [-0.25, -0.2) is 0 Å². The van der Waals surface area contributed by atoms with Gasteiger partial charge in [-0.05, 0) is 23.6 Å². The van der Waals surface area contributed by atoms with Crippen LogP contribution >= 0.6 is 11.3 Å². The molecule has 34 heavy (non-hydrogen) atoms. The second kappa shape index (κ2) is 6.56. The molecule has 0 fully saturated rings. The van der Waals surface area contributed by atoms with Crippen molar-refractivity contribution < 1.29 is 20.4 Å². The summed E-state index contributed by atoms with van der Waals surface area (Å²) < 4.78 is 4.09. The molecule has 2 heterocycles. The number of aromatic hydroxyl groups is 4. The Kier molecular flexibility index (Phi) is 3.68. The molecule has 0 amide bonds. The van der Waals surface area contributed by atoms with Gasteiger partial charge in [-0.2, -0.15) is 0 Å². The molecule has 5 nitrogen and oxygen atoms in total. The maximum atomic E-state index is 11.1. The molecule has 0 radical (unpaired) electrons. The molecule has 7 aromatic rings. The van der Waals surface area contributed by atoms with Gasteiger partial charge in [-0.3, -0.25) is 0 Å². The highest BCUT2D eigenvalue weighted by Gasteiger charge is 2.29. The van der Waals surface area contributed by atoms with Gasteiger partial charge in [-0.15, -0.1) is 11.3 Å². The number of phenolic OH excluding ortho intramolecular Hbond substituents is 4. The zero-order chi connectivity index (χ0) is 23.1. The minimum Gasteiger partial charge on any atom is -0.504 e. The van der Waals surface area contributed by atoms with E-state index in [9.17, 15) is 20.4 Å². The molecule has 0 aliphatic rings. The van der Waals surface area contributed by atoms with Crippen molar-refractivity contribution in [2.75, 3.05) is 0 Å². The molecule has 0 spiro atoms. The number of nitrogens with zero attached hydrogens (tertiary/aromatic N) is 1. The van der Waals surface area contributed by atoms with Crippen molar-refractivity contribution in [2.24, 2.45) is 0 Å². The van der Waals surface area contributed by atoms with E-state index in [0.29, 0.717) is 10.8 Å². The normalized spacial score (nSPS) is 12.0. The van der Waals surface area contributed by atoms with Crippen LogP contribution in [0.1, 0.15) is 0 Å². The molecule has 7 rings (SSSR count). The minimum absolute atomic E-state index is 0.238. The Morgan fingerprint density at radius 3 is 1.88 bits per heavy atom. The van der Waals surface area contributed by atoms with Crippen molar-refractivity contribution in [1.82, 2.24) is 4.57 Å². The summed E-state index contributed by atoms with van der Waals surface area (Å²) in [6, 6.07) is 25.6. The highest BCUT2D eigenvalue weighted by Crippen LogP contribution is 2.56. The smallest absolute Gasteiger partial charge is 0.206 e. The Morgan fingerprint density at radius 2 is 1.12 bits per heavy atom. The van der Waals surface area contributed by atoms with Crippen molar-refractivity contribution in [3.63, 3.8) is 0 Å². The van der Waals surface area contributed by atoms with E-state index < -0.39 is 23.0 Å². The SMILES string of the molecule is Oc1c(O)c(O)c2c(c1O)c1c3ccccc3c3sc4ccccc4c3c1n2-c1ccccc1. The molecule has 0 aliphatic carbocycles. The van der Waals surface area contributed by atoms with Gasteiger partial charge in [0.1, 0.15) is 5.52 Å². The summed E-state index contributed by atoms with van der Waals surface area (Å²) in [6.45, 7) is 0. The number of para-hydroxylation sites is 1. The summed E-state index contributed by atoms with van der Waals surface area (Å²) in [6.07, 6.45) is 0. The zero-order valence-electron chi connectivity index (χ0n) is 17.6. The van der Waals surface area contributed by atoms with Crippen LogP contribution in [0.4, 0.5) is 0 Å². The van der Waals surface area contributed by atoms with Gasteiger partial charge < -0.3 is 25.0 Å². The average molecular weight is 464 g/mol. The van der Waals surface area contributed by atoms with E-state index in [1.807, 2.05) is 65.2 Å². The third kappa shape index (κ3) is 2.23. The topological polar surface area (TPSA) is 85.8 Å². The van der Waals surface area contributed by atoms with E-state index in [0.717, 1.165) is 42.1 Å². The molecule has 6 heteroatoms. The molecule has 0 unspecified atom stereocenters. The highest BCUT2D eigenvalue weighted by atomic mass is 32.1. The Labute approximate surface area is 196 Å². The first kappa shape index (κ1) is 19.1. The summed E-state index contributed by atoms with van der Waals surface area (Å²) in [5.41, 5.74) is 1.79. The second-order valence-corrected chi connectivity index (χ2v) is 9.41. The Hall–Kier alpha value is -4.42. The average Bonchev–Trinajstić information content (AvgIpc) is 3.44. The minimum atomic E-state index is -0.749. The van der Waals surface area contributed by atoms with Crippen molar-refractivity contribution >= 4 is 64.1 Å². The van der Waals surface area contributed by atoms with Gasteiger partial charge in [0.15, 0.2) is 11.5 Å².